The molecule has 0 aromatic rings. The van der Waals surface area contributed by atoms with Gasteiger partial charge in [-0.1, -0.05) is 40.9 Å². The van der Waals surface area contributed by atoms with E-state index in [9.17, 15) is 9.59 Å². The highest BCUT2D eigenvalue weighted by molar-refractivity contribution is 8.77. The third kappa shape index (κ3) is 9.58. The lowest BCUT2D eigenvalue weighted by atomic mass is 10.1. The summed E-state index contributed by atoms with van der Waals surface area (Å²) in [7, 11) is 3.96. The van der Waals surface area contributed by atoms with Crippen LogP contribution in [0, 0.1) is 0 Å². The lowest BCUT2D eigenvalue weighted by Gasteiger charge is -2.08. The van der Waals surface area contributed by atoms with Gasteiger partial charge in [0.05, 0.1) is 0 Å². The van der Waals surface area contributed by atoms with Crippen LogP contribution in [-0.2, 0) is 9.59 Å². The van der Waals surface area contributed by atoms with Crippen LogP contribution in [0.3, 0.4) is 0 Å². The zero-order valence-corrected chi connectivity index (χ0v) is 14.7. The Morgan fingerprint density at radius 2 is 2.05 bits per heavy atom. The largest absolute Gasteiger partial charge is 0.480 e. The fraction of sp³-hybridized carbons (Fsp3) is 0.867. The summed E-state index contributed by atoms with van der Waals surface area (Å²) in [5.74, 6) is 0.464. The Kier molecular flexibility index (Phi) is 10.8. The number of carboxylic acids is 1. The molecule has 0 radical (unpaired) electrons. The maximum absolute atomic E-state index is 11.7. The molecule has 0 saturated carbocycles. The molecule has 1 saturated heterocycles. The number of amides is 1. The van der Waals surface area contributed by atoms with Crippen molar-refractivity contribution in [3.63, 3.8) is 0 Å². The highest BCUT2D eigenvalue weighted by atomic mass is 33.1. The third-order valence-electron chi connectivity index (χ3n) is 3.74. The van der Waals surface area contributed by atoms with Gasteiger partial charge in [0.25, 0.3) is 0 Å². The number of unbranched alkanes of at least 4 members (excludes halogenated alkanes) is 3. The first kappa shape index (κ1) is 19.6. The van der Waals surface area contributed by atoms with Crippen LogP contribution in [0.5, 0.6) is 0 Å². The van der Waals surface area contributed by atoms with Crippen molar-refractivity contribution in [1.29, 1.82) is 0 Å². The first-order chi connectivity index (χ1) is 10.6. The molecule has 1 aliphatic heterocycles. The topological polar surface area (TPSA) is 92.4 Å². The summed E-state index contributed by atoms with van der Waals surface area (Å²) in [4.78, 5) is 22.2. The smallest absolute Gasteiger partial charge is 0.320 e. The average molecular weight is 349 g/mol. The van der Waals surface area contributed by atoms with E-state index < -0.39 is 12.0 Å². The van der Waals surface area contributed by atoms with Gasteiger partial charge in [-0.25, -0.2) is 0 Å². The van der Waals surface area contributed by atoms with Gasteiger partial charge in [-0.2, -0.15) is 0 Å². The standard InChI is InChI=1S/C15H28N2O3S2/c16-13(15(19)20)7-2-1-5-10-17-14(18)8-4-3-6-12-9-11-21-22-12/h12-13H,1-11,16H2,(H,17,18)(H,19,20)/t12-,13?/m1/s1. The molecule has 7 heteroatoms. The number of nitrogens with one attached hydrogen (secondary N) is 1. The third-order valence-corrected chi connectivity index (χ3v) is 6.75. The molecule has 1 rings (SSSR count). The molecule has 0 bridgehead atoms. The molecule has 1 amide bonds. The molecule has 0 aromatic carbocycles. The van der Waals surface area contributed by atoms with E-state index >= 15 is 0 Å². The Balaban J connectivity index is 1.85. The molecule has 0 spiro atoms. The predicted molar refractivity (Wildman–Crippen MR) is 94.0 cm³/mol. The number of nitrogens with two attached hydrogens (primary N) is 1. The minimum Gasteiger partial charge on any atom is -0.480 e. The van der Waals surface area contributed by atoms with E-state index in [2.05, 4.69) is 5.32 Å². The van der Waals surface area contributed by atoms with E-state index in [1.807, 2.05) is 21.6 Å². The monoisotopic (exact) mass is 348 g/mol. The van der Waals surface area contributed by atoms with Crippen molar-refractivity contribution < 1.29 is 14.7 Å². The summed E-state index contributed by atoms with van der Waals surface area (Å²) in [6.07, 6.45) is 8.35. The SMILES string of the molecule is NC(CCCCCNC(=O)CCCC[C@@H]1CCSS1)C(=O)O. The van der Waals surface area contributed by atoms with Crippen molar-refractivity contribution in [2.24, 2.45) is 5.73 Å². The van der Waals surface area contributed by atoms with E-state index in [1.54, 1.807) is 0 Å². The second-order valence-corrected chi connectivity index (χ2v) is 8.51. The molecular weight excluding hydrogens is 320 g/mol. The molecule has 1 heterocycles. The Hall–Kier alpha value is -0.400. The van der Waals surface area contributed by atoms with E-state index in [0.717, 1.165) is 37.4 Å². The van der Waals surface area contributed by atoms with Crippen molar-refractivity contribution in [3.05, 3.63) is 0 Å². The number of hydrogen-bond acceptors (Lipinski definition) is 5. The van der Waals surface area contributed by atoms with Gasteiger partial charge in [0, 0.05) is 24.0 Å². The Morgan fingerprint density at radius 3 is 2.73 bits per heavy atom. The van der Waals surface area contributed by atoms with E-state index in [4.69, 9.17) is 10.8 Å². The van der Waals surface area contributed by atoms with Crippen LogP contribution in [0.2, 0.25) is 0 Å². The normalized spacial score (nSPS) is 19.0. The second-order valence-electron chi connectivity index (χ2n) is 5.72. The van der Waals surface area contributed by atoms with Crippen LogP contribution < -0.4 is 11.1 Å². The second kappa shape index (κ2) is 12.1. The molecule has 1 unspecified atom stereocenters. The number of aliphatic carboxylic acids is 1. The van der Waals surface area contributed by atoms with E-state index in [0.29, 0.717) is 19.4 Å². The first-order valence-corrected chi connectivity index (χ1v) is 10.5. The molecule has 22 heavy (non-hydrogen) atoms. The minimum absolute atomic E-state index is 0.135. The average Bonchev–Trinajstić information content (AvgIpc) is 3.00. The summed E-state index contributed by atoms with van der Waals surface area (Å²) < 4.78 is 0. The highest BCUT2D eigenvalue weighted by Crippen LogP contribution is 2.39. The maximum atomic E-state index is 11.7. The molecule has 128 valence electrons. The van der Waals surface area contributed by atoms with E-state index in [1.165, 1.54) is 18.6 Å². The van der Waals surface area contributed by atoms with Crippen LogP contribution in [-0.4, -0.2) is 40.6 Å². The van der Waals surface area contributed by atoms with Gasteiger partial charge in [-0.15, -0.1) is 0 Å². The van der Waals surface area contributed by atoms with Crippen LogP contribution in [0.1, 0.15) is 57.8 Å². The lowest BCUT2D eigenvalue weighted by Crippen LogP contribution is -2.29. The Labute approximate surface area is 140 Å². The van der Waals surface area contributed by atoms with Crippen LogP contribution in [0.4, 0.5) is 0 Å². The Morgan fingerprint density at radius 1 is 1.23 bits per heavy atom. The molecule has 1 fully saturated rings. The number of hydrogen-bond donors (Lipinski definition) is 3. The summed E-state index contributed by atoms with van der Waals surface area (Å²) in [5.41, 5.74) is 5.42. The summed E-state index contributed by atoms with van der Waals surface area (Å²) in [6.45, 7) is 0.677. The zero-order chi connectivity index (χ0) is 16.2. The van der Waals surface area contributed by atoms with Crippen molar-refractivity contribution in [2.45, 2.75) is 69.1 Å². The molecule has 0 aromatic heterocycles. The van der Waals surface area contributed by atoms with Crippen molar-refractivity contribution in [2.75, 3.05) is 12.3 Å². The number of carboxylic acid groups (broad SMARTS) is 1. The summed E-state index contributed by atoms with van der Waals surface area (Å²) in [5, 5.41) is 12.4. The molecule has 5 nitrogen and oxygen atoms in total. The predicted octanol–water partition coefficient (Wildman–Crippen LogP) is 2.79. The quantitative estimate of drug-likeness (QED) is 0.371. The Bertz CT molecular complexity index is 337. The number of carbonyl (C=O) groups is 2. The van der Waals surface area contributed by atoms with Gasteiger partial charge in [0.2, 0.25) is 5.91 Å². The van der Waals surface area contributed by atoms with Crippen molar-refractivity contribution >= 4 is 33.5 Å². The van der Waals surface area contributed by atoms with Gasteiger partial charge in [-0.05, 0) is 32.1 Å². The van der Waals surface area contributed by atoms with Gasteiger partial charge in [0.1, 0.15) is 6.04 Å². The molecule has 0 aliphatic carbocycles. The van der Waals surface area contributed by atoms with Gasteiger partial charge in [0.15, 0.2) is 0 Å². The van der Waals surface area contributed by atoms with Crippen LogP contribution in [0.25, 0.3) is 0 Å². The summed E-state index contributed by atoms with van der Waals surface area (Å²) in [6, 6.07) is -0.758. The minimum atomic E-state index is -0.942. The van der Waals surface area contributed by atoms with E-state index in [-0.39, 0.29) is 5.91 Å². The highest BCUT2D eigenvalue weighted by Gasteiger charge is 2.15. The van der Waals surface area contributed by atoms with Crippen LogP contribution in [0.15, 0.2) is 0 Å². The first-order valence-electron chi connectivity index (χ1n) is 8.13. The lowest BCUT2D eigenvalue weighted by molar-refractivity contribution is -0.138. The fourth-order valence-corrected chi connectivity index (χ4v) is 5.36. The molecule has 4 N–H and O–H groups in total. The maximum Gasteiger partial charge on any atom is 0.320 e. The van der Waals surface area contributed by atoms with Gasteiger partial charge < -0.3 is 16.2 Å². The molecule has 2 atom stereocenters. The van der Waals surface area contributed by atoms with Gasteiger partial charge in [-0.3, -0.25) is 9.59 Å². The van der Waals surface area contributed by atoms with Gasteiger partial charge >= 0.3 is 5.97 Å². The molecule has 1 aliphatic rings. The molecular formula is C15H28N2O3S2. The number of carbonyl (C=O) groups excluding carboxylic acids is 1. The summed E-state index contributed by atoms with van der Waals surface area (Å²) >= 11 is 0. The zero-order valence-electron chi connectivity index (χ0n) is 13.1. The fourth-order valence-electron chi connectivity index (χ4n) is 2.33. The number of rotatable bonds is 12. The van der Waals surface area contributed by atoms with Crippen LogP contribution >= 0.6 is 21.6 Å². The van der Waals surface area contributed by atoms with Crippen molar-refractivity contribution in [3.8, 4) is 0 Å². The van der Waals surface area contributed by atoms with Crippen molar-refractivity contribution in [1.82, 2.24) is 5.32 Å².